The fraction of sp³-hybridized carbons (Fsp3) is 0.0625. The van der Waals surface area contributed by atoms with Crippen LogP contribution >= 0.6 is 0 Å². The Hall–Kier alpha value is -3.56. The van der Waals surface area contributed by atoms with Crippen molar-refractivity contribution < 1.29 is 13.5 Å². The highest BCUT2D eigenvalue weighted by atomic mass is 19.1. The number of halogens is 2. The normalized spacial score (nSPS) is 10.2. The summed E-state index contributed by atoms with van der Waals surface area (Å²) in [5.41, 5.74) is 9.20. The number of hydrogen-bond acceptors (Lipinski definition) is 3. The van der Waals surface area contributed by atoms with Gasteiger partial charge < -0.3 is 9.72 Å². The Morgan fingerprint density at radius 3 is 2.83 bits per heavy atom. The predicted molar refractivity (Wildman–Crippen MR) is 82.3 cm³/mol. The zero-order valence-electron chi connectivity index (χ0n) is 12.1. The molecular weight excluding hydrogens is 316 g/mol. The van der Waals surface area contributed by atoms with Gasteiger partial charge in [-0.15, -0.1) is 0 Å². The lowest BCUT2D eigenvalue weighted by molar-refractivity contribution is 0.436. The van der Waals surface area contributed by atoms with Crippen LogP contribution in [0.3, 0.4) is 0 Å². The van der Waals surface area contributed by atoms with Crippen LogP contribution in [0.15, 0.2) is 41.6 Å². The maximum absolute atomic E-state index is 14.4. The summed E-state index contributed by atoms with van der Waals surface area (Å²) in [4.78, 5) is 5.55. The lowest BCUT2D eigenvalue weighted by atomic mass is 10.1. The van der Waals surface area contributed by atoms with E-state index in [2.05, 4.69) is 15.0 Å². The van der Waals surface area contributed by atoms with E-state index in [9.17, 15) is 8.78 Å². The van der Waals surface area contributed by atoms with Crippen molar-refractivity contribution in [3.8, 4) is 17.6 Å². The zero-order valence-corrected chi connectivity index (χ0v) is 12.1. The number of azide groups is 1. The van der Waals surface area contributed by atoms with Crippen molar-refractivity contribution in [2.24, 2.45) is 5.11 Å². The van der Waals surface area contributed by atoms with Crippen LogP contribution in [-0.2, 0) is 6.54 Å². The van der Waals surface area contributed by atoms with E-state index in [0.29, 0.717) is 16.5 Å². The first-order valence-electron chi connectivity index (χ1n) is 6.81. The third kappa shape index (κ3) is 2.72. The molecule has 0 spiro atoms. The molecule has 1 aromatic heterocycles. The van der Waals surface area contributed by atoms with Crippen LogP contribution in [0.2, 0.25) is 0 Å². The first kappa shape index (κ1) is 15.3. The van der Waals surface area contributed by atoms with Gasteiger partial charge in [0.05, 0.1) is 12.1 Å². The molecule has 1 N–H and O–H groups in total. The van der Waals surface area contributed by atoms with Crippen molar-refractivity contribution in [2.45, 2.75) is 6.54 Å². The van der Waals surface area contributed by atoms with Crippen molar-refractivity contribution in [2.75, 3.05) is 0 Å². The number of rotatable bonds is 4. The highest BCUT2D eigenvalue weighted by Gasteiger charge is 2.17. The van der Waals surface area contributed by atoms with Crippen molar-refractivity contribution in [3.05, 3.63) is 69.7 Å². The fourth-order valence-electron chi connectivity index (χ4n) is 2.36. The van der Waals surface area contributed by atoms with Crippen LogP contribution in [0.25, 0.3) is 21.3 Å². The van der Waals surface area contributed by atoms with E-state index in [0.717, 1.165) is 6.07 Å². The van der Waals surface area contributed by atoms with Crippen LogP contribution in [0.4, 0.5) is 8.78 Å². The van der Waals surface area contributed by atoms with Gasteiger partial charge in [-0.25, -0.2) is 8.78 Å². The molecule has 1 heterocycles. The molecule has 0 bridgehead atoms. The van der Waals surface area contributed by atoms with E-state index < -0.39 is 11.6 Å². The topological polar surface area (TPSA) is 97.6 Å². The number of nitrogens with zero attached hydrogens (tertiary/aromatic N) is 4. The molecule has 2 aromatic carbocycles. The molecular formula is C16H9F2N5O. The van der Waals surface area contributed by atoms with Crippen molar-refractivity contribution in [1.82, 2.24) is 4.98 Å². The van der Waals surface area contributed by atoms with Gasteiger partial charge >= 0.3 is 0 Å². The number of aromatic nitrogens is 1. The second kappa shape index (κ2) is 6.28. The van der Waals surface area contributed by atoms with Crippen molar-refractivity contribution >= 4 is 10.9 Å². The molecule has 8 heteroatoms. The third-order valence-electron chi connectivity index (χ3n) is 3.44. The average Bonchev–Trinajstić information content (AvgIpc) is 3.04. The van der Waals surface area contributed by atoms with Gasteiger partial charge in [-0.2, -0.15) is 5.26 Å². The molecule has 6 nitrogen and oxygen atoms in total. The number of H-pyrrole nitrogens is 1. The van der Waals surface area contributed by atoms with Gasteiger partial charge in [-0.05, 0) is 23.7 Å². The molecule has 0 saturated heterocycles. The van der Waals surface area contributed by atoms with Crippen LogP contribution < -0.4 is 4.74 Å². The largest absolute Gasteiger partial charge is 0.454 e. The summed E-state index contributed by atoms with van der Waals surface area (Å²) in [7, 11) is 0. The number of ether oxygens (including phenoxy) is 1. The number of aromatic amines is 1. The fourth-order valence-corrected chi connectivity index (χ4v) is 2.36. The maximum atomic E-state index is 14.4. The van der Waals surface area contributed by atoms with Crippen LogP contribution in [0.1, 0.15) is 11.1 Å². The number of hydrogen-bond donors (Lipinski definition) is 1. The average molecular weight is 325 g/mol. The summed E-state index contributed by atoms with van der Waals surface area (Å²) in [5, 5.41) is 13.0. The molecule has 0 unspecified atom stereocenters. The Labute approximate surface area is 134 Å². The van der Waals surface area contributed by atoms with Crippen molar-refractivity contribution in [1.29, 1.82) is 5.26 Å². The lowest BCUT2D eigenvalue weighted by Gasteiger charge is -2.12. The maximum Gasteiger partial charge on any atom is 0.168 e. The summed E-state index contributed by atoms with van der Waals surface area (Å²) in [5.74, 6) is -1.40. The minimum Gasteiger partial charge on any atom is -0.454 e. The Kier molecular flexibility index (Phi) is 4.01. The van der Waals surface area contributed by atoms with Gasteiger partial charge in [-0.3, -0.25) is 0 Å². The van der Waals surface area contributed by atoms with Gasteiger partial charge in [-0.1, -0.05) is 5.11 Å². The molecule has 0 atom stereocenters. The Morgan fingerprint density at radius 2 is 2.08 bits per heavy atom. The first-order valence-corrected chi connectivity index (χ1v) is 6.81. The minimum absolute atomic E-state index is 0.101. The SMILES string of the molecule is N#Cc1cc(Oc2c(F)cc3[nH]ccc3c2CN=[N+]=[N-])ccc1F. The van der Waals surface area contributed by atoms with E-state index in [-0.39, 0.29) is 23.6 Å². The lowest BCUT2D eigenvalue weighted by Crippen LogP contribution is -1.97. The highest BCUT2D eigenvalue weighted by molar-refractivity contribution is 5.85. The number of benzene rings is 2. The summed E-state index contributed by atoms with van der Waals surface area (Å²) in [6, 6.07) is 8.17. The van der Waals surface area contributed by atoms with E-state index >= 15 is 0 Å². The Morgan fingerprint density at radius 1 is 1.25 bits per heavy atom. The van der Waals surface area contributed by atoms with Gasteiger partial charge in [0.2, 0.25) is 0 Å². The van der Waals surface area contributed by atoms with Crippen LogP contribution in [0.5, 0.6) is 11.5 Å². The predicted octanol–water partition coefficient (Wildman–Crippen LogP) is 4.92. The van der Waals surface area contributed by atoms with Gasteiger partial charge in [0, 0.05) is 39.7 Å². The highest BCUT2D eigenvalue weighted by Crippen LogP contribution is 2.35. The van der Waals surface area contributed by atoms with E-state index in [4.69, 9.17) is 15.5 Å². The molecule has 0 radical (unpaired) electrons. The Balaban J connectivity index is 2.13. The first-order chi connectivity index (χ1) is 11.6. The molecule has 0 aliphatic carbocycles. The zero-order chi connectivity index (χ0) is 17.1. The summed E-state index contributed by atoms with van der Waals surface area (Å²) in [6.07, 6.45) is 1.62. The molecule has 0 aliphatic heterocycles. The van der Waals surface area contributed by atoms with Gasteiger partial charge in [0.1, 0.15) is 17.6 Å². The summed E-state index contributed by atoms with van der Waals surface area (Å²) < 4.78 is 33.3. The molecule has 0 saturated carbocycles. The Bertz CT molecular complexity index is 1020. The van der Waals surface area contributed by atoms with Gasteiger partial charge in [0.25, 0.3) is 0 Å². The third-order valence-corrected chi connectivity index (χ3v) is 3.44. The molecule has 118 valence electrons. The van der Waals surface area contributed by atoms with Crippen LogP contribution in [0, 0.1) is 23.0 Å². The molecule has 3 aromatic rings. The second-order valence-corrected chi connectivity index (χ2v) is 4.85. The molecule has 24 heavy (non-hydrogen) atoms. The van der Waals surface area contributed by atoms with E-state index in [1.54, 1.807) is 18.3 Å². The van der Waals surface area contributed by atoms with Crippen molar-refractivity contribution in [3.63, 3.8) is 0 Å². The quantitative estimate of drug-likeness (QED) is 0.418. The minimum atomic E-state index is -0.694. The molecule has 0 aliphatic rings. The second-order valence-electron chi connectivity index (χ2n) is 4.85. The molecule has 0 amide bonds. The van der Waals surface area contributed by atoms with Crippen LogP contribution in [-0.4, -0.2) is 4.98 Å². The number of nitriles is 1. The smallest absolute Gasteiger partial charge is 0.168 e. The van der Waals surface area contributed by atoms with Gasteiger partial charge in [0.15, 0.2) is 11.6 Å². The summed E-state index contributed by atoms with van der Waals surface area (Å²) >= 11 is 0. The number of fused-ring (bicyclic) bond motifs is 1. The molecule has 0 fully saturated rings. The molecule has 3 rings (SSSR count). The number of nitrogens with one attached hydrogen (secondary N) is 1. The summed E-state index contributed by atoms with van der Waals surface area (Å²) in [6.45, 7) is -0.121. The van der Waals surface area contributed by atoms with E-state index in [1.165, 1.54) is 18.2 Å². The monoisotopic (exact) mass is 325 g/mol. The standard InChI is InChI=1S/C16H9F2N5O/c17-13-2-1-10(5-9(13)7-19)24-16-12(8-22-23-20)11-3-4-21-15(11)6-14(16)18/h1-6,21H,8H2. The van der Waals surface area contributed by atoms with E-state index in [1.807, 2.05) is 0 Å².